The highest BCUT2D eigenvalue weighted by atomic mass is 16.4. The summed E-state index contributed by atoms with van der Waals surface area (Å²) in [5.41, 5.74) is 3.00. The maximum Gasteiger partial charge on any atom is 0.358 e. The summed E-state index contributed by atoms with van der Waals surface area (Å²) in [4.78, 5) is 11.3. The molecule has 1 aliphatic carbocycles. The summed E-state index contributed by atoms with van der Waals surface area (Å²) in [6.45, 7) is 6.49. The first-order valence-corrected chi connectivity index (χ1v) is 7.18. The molecular weight excluding hydrogens is 266 g/mol. The van der Waals surface area contributed by atoms with Crippen LogP contribution in [0.3, 0.4) is 0 Å². The number of aromatic carboxylic acids is 1. The van der Waals surface area contributed by atoms with Gasteiger partial charge in [0.15, 0.2) is 5.69 Å². The van der Waals surface area contributed by atoms with E-state index in [0.717, 1.165) is 24.2 Å². The topological polar surface area (TPSA) is 68.0 Å². The highest BCUT2D eigenvalue weighted by Gasteiger charge is 2.34. The summed E-state index contributed by atoms with van der Waals surface area (Å²) < 4.78 is 1.67. The van der Waals surface area contributed by atoms with Crippen molar-refractivity contribution in [2.24, 2.45) is 0 Å². The Kier molecular flexibility index (Phi) is 3.08. The number of rotatable bonds is 3. The first-order chi connectivity index (χ1) is 9.88. The Hall–Kier alpha value is -2.17. The van der Waals surface area contributed by atoms with E-state index in [9.17, 15) is 9.90 Å². The molecular formula is C16H19N3O2. The molecule has 0 spiro atoms. The van der Waals surface area contributed by atoms with Crippen LogP contribution in [0.1, 0.15) is 61.3 Å². The van der Waals surface area contributed by atoms with Gasteiger partial charge in [0.1, 0.15) is 0 Å². The van der Waals surface area contributed by atoms with Gasteiger partial charge in [-0.1, -0.05) is 38.1 Å². The fourth-order valence-electron chi connectivity index (χ4n) is 2.46. The second-order valence-corrected chi connectivity index (χ2v) is 6.61. The highest BCUT2D eigenvalue weighted by Crippen LogP contribution is 2.42. The molecule has 5 nitrogen and oxygen atoms in total. The normalized spacial score (nSPS) is 15.2. The van der Waals surface area contributed by atoms with E-state index in [0.29, 0.717) is 0 Å². The van der Waals surface area contributed by atoms with Gasteiger partial charge in [-0.3, -0.25) is 0 Å². The molecule has 0 unspecified atom stereocenters. The first-order valence-electron chi connectivity index (χ1n) is 7.18. The molecule has 0 saturated heterocycles. The third-order valence-electron chi connectivity index (χ3n) is 3.85. The number of carbonyl (C=O) groups is 1. The molecule has 0 aliphatic heterocycles. The molecule has 5 heteroatoms. The Morgan fingerprint density at radius 3 is 2.33 bits per heavy atom. The number of nitrogens with zero attached hydrogens (tertiary/aromatic N) is 3. The van der Waals surface area contributed by atoms with Crippen molar-refractivity contribution < 1.29 is 9.90 Å². The van der Waals surface area contributed by atoms with E-state index < -0.39 is 5.97 Å². The third kappa shape index (κ3) is 2.55. The molecule has 1 saturated carbocycles. The van der Waals surface area contributed by atoms with E-state index in [1.807, 2.05) is 12.1 Å². The Balaban J connectivity index is 2.03. The van der Waals surface area contributed by atoms with Crippen LogP contribution < -0.4 is 0 Å². The summed E-state index contributed by atoms with van der Waals surface area (Å²) in [6, 6.07) is 8.09. The number of aromatic nitrogens is 3. The zero-order chi connectivity index (χ0) is 15.2. The molecule has 3 rings (SSSR count). The average molecular weight is 285 g/mol. The zero-order valence-electron chi connectivity index (χ0n) is 12.5. The lowest BCUT2D eigenvalue weighted by Crippen LogP contribution is -2.11. The van der Waals surface area contributed by atoms with Gasteiger partial charge in [0.25, 0.3) is 0 Å². The fraction of sp³-hybridized carbons (Fsp3) is 0.438. The van der Waals surface area contributed by atoms with E-state index in [1.54, 1.807) is 4.68 Å². The summed E-state index contributed by atoms with van der Waals surface area (Å²) in [7, 11) is 0. The van der Waals surface area contributed by atoms with E-state index >= 15 is 0 Å². The van der Waals surface area contributed by atoms with Gasteiger partial charge in [0.2, 0.25) is 0 Å². The van der Waals surface area contributed by atoms with Gasteiger partial charge >= 0.3 is 5.97 Å². The monoisotopic (exact) mass is 285 g/mol. The number of hydrogen-bond acceptors (Lipinski definition) is 3. The molecule has 0 radical (unpaired) electrons. The van der Waals surface area contributed by atoms with Crippen LogP contribution in [0, 0.1) is 0 Å². The lowest BCUT2D eigenvalue weighted by Gasteiger charge is -2.19. The minimum Gasteiger partial charge on any atom is -0.476 e. The van der Waals surface area contributed by atoms with Crippen LogP contribution in [-0.4, -0.2) is 26.1 Å². The van der Waals surface area contributed by atoms with Gasteiger partial charge in [-0.05, 0) is 36.0 Å². The Morgan fingerprint density at radius 2 is 1.86 bits per heavy atom. The summed E-state index contributed by atoms with van der Waals surface area (Å²) in [5.74, 6) is -0.733. The molecule has 1 aliphatic rings. The first kappa shape index (κ1) is 13.8. The van der Waals surface area contributed by atoms with Crippen molar-refractivity contribution in [2.75, 3.05) is 0 Å². The molecule has 1 aromatic carbocycles. The van der Waals surface area contributed by atoms with E-state index in [1.165, 1.54) is 5.56 Å². The van der Waals surface area contributed by atoms with Crippen LogP contribution in [0.2, 0.25) is 0 Å². The van der Waals surface area contributed by atoms with Crippen molar-refractivity contribution in [3.8, 4) is 5.69 Å². The van der Waals surface area contributed by atoms with Gasteiger partial charge < -0.3 is 5.11 Å². The molecule has 110 valence electrons. The maximum absolute atomic E-state index is 11.3. The Bertz CT molecular complexity index is 677. The van der Waals surface area contributed by atoms with E-state index in [2.05, 4.69) is 43.2 Å². The molecule has 0 amide bonds. The summed E-state index contributed by atoms with van der Waals surface area (Å²) in [5, 5.41) is 17.1. The zero-order valence-corrected chi connectivity index (χ0v) is 12.5. The van der Waals surface area contributed by atoms with Crippen LogP contribution in [-0.2, 0) is 5.41 Å². The summed E-state index contributed by atoms with van der Waals surface area (Å²) >= 11 is 0. The summed E-state index contributed by atoms with van der Waals surface area (Å²) in [6.07, 6.45) is 2.02. The van der Waals surface area contributed by atoms with Crippen LogP contribution in [0.15, 0.2) is 24.3 Å². The Labute approximate surface area is 123 Å². The molecule has 1 aromatic heterocycles. The maximum atomic E-state index is 11.3. The molecule has 1 heterocycles. The predicted octanol–water partition coefficient (Wildman–Crippen LogP) is 3.14. The van der Waals surface area contributed by atoms with Crippen LogP contribution >= 0.6 is 0 Å². The van der Waals surface area contributed by atoms with Gasteiger partial charge in [-0.15, -0.1) is 5.10 Å². The SMILES string of the molecule is CC(C)(C)c1ccc(-n2nnc(C(=O)O)c2C2CC2)cc1. The standard InChI is InChI=1S/C16H19N3O2/c1-16(2,3)11-6-8-12(9-7-11)19-14(10-4-5-10)13(15(20)21)17-18-19/h6-10H,4-5H2,1-3H3,(H,20,21). The lowest BCUT2D eigenvalue weighted by molar-refractivity contribution is 0.0689. The fourth-order valence-corrected chi connectivity index (χ4v) is 2.46. The Morgan fingerprint density at radius 1 is 1.24 bits per heavy atom. The molecule has 0 bridgehead atoms. The van der Waals surface area contributed by atoms with Crippen molar-refractivity contribution >= 4 is 5.97 Å². The minimum absolute atomic E-state index is 0.0809. The van der Waals surface area contributed by atoms with Crippen molar-refractivity contribution in [1.29, 1.82) is 0 Å². The average Bonchev–Trinajstić information content (AvgIpc) is 3.16. The number of carboxylic acid groups (broad SMARTS) is 1. The minimum atomic E-state index is -1.01. The quantitative estimate of drug-likeness (QED) is 0.940. The van der Waals surface area contributed by atoms with Gasteiger partial charge in [-0.25, -0.2) is 9.48 Å². The molecule has 0 atom stereocenters. The van der Waals surface area contributed by atoms with Gasteiger partial charge in [0.05, 0.1) is 11.4 Å². The second kappa shape index (κ2) is 4.69. The molecule has 1 fully saturated rings. The molecule has 2 aromatic rings. The lowest BCUT2D eigenvalue weighted by atomic mass is 9.87. The van der Waals surface area contributed by atoms with Gasteiger partial charge in [-0.2, -0.15) is 0 Å². The molecule has 1 N–H and O–H groups in total. The van der Waals surface area contributed by atoms with Gasteiger partial charge in [0, 0.05) is 5.92 Å². The number of carboxylic acids is 1. The highest BCUT2D eigenvalue weighted by molar-refractivity contribution is 5.87. The predicted molar refractivity (Wildman–Crippen MR) is 79.0 cm³/mol. The smallest absolute Gasteiger partial charge is 0.358 e. The third-order valence-corrected chi connectivity index (χ3v) is 3.85. The van der Waals surface area contributed by atoms with Crippen molar-refractivity contribution in [3.63, 3.8) is 0 Å². The van der Waals surface area contributed by atoms with Crippen LogP contribution in [0.4, 0.5) is 0 Å². The molecule has 21 heavy (non-hydrogen) atoms. The van der Waals surface area contributed by atoms with E-state index in [-0.39, 0.29) is 17.0 Å². The van der Waals surface area contributed by atoms with E-state index in [4.69, 9.17) is 0 Å². The van der Waals surface area contributed by atoms with Crippen molar-refractivity contribution in [1.82, 2.24) is 15.0 Å². The van der Waals surface area contributed by atoms with Crippen LogP contribution in [0.25, 0.3) is 5.69 Å². The number of hydrogen-bond donors (Lipinski definition) is 1. The van der Waals surface area contributed by atoms with Crippen LogP contribution in [0.5, 0.6) is 0 Å². The number of benzene rings is 1. The largest absolute Gasteiger partial charge is 0.476 e. The van der Waals surface area contributed by atoms with Crippen molar-refractivity contribution in [3.05, 3.63) is 41.2 Å². The van der Waals surface area contributed by atoms with Crippen molar-refractivity contribution in [2.45, 2.75) is 44.9 Å². The second-order valence-electron chi connectivity index (χ2n) is 6.61.